The number of nitrogens with one attached hydrogen (secondary N) is 1. The summed E-state index contributed by atoms with van der Waals surface area (Å²) in [7, 11) is 3.15. The van der Waals surface area contributed by atoms with Crippen LogP contribution >= 0.6 is 0 Å². The number of anilines is 1. The minimum atomic E-state index is -0.678. The third-order valence-electron chi connectivity index (χ3n) is 2.78. The van der Waals surface area contributed by atoms with Crippen LogP contribution in [0.4, 0.5) is 10.5 Å². The topological polar surface area (TPSA) is 61.8 Å². The van der Waals surface area contributed by atoms with Crippen LogP contribution in [0.5, 0.6) is 0 Å². The molecule has 0 aliphatic rings. The SMILES string of the molecule is CCc1cccc(NC(=O)N(C)CC(O)COC)c1. The Morgan fingerprint density at radius 1 is 1.53 bits per heavy atom. The van der Waals surface area contributed by atoms with Crippen LogP contribution in [0.2, 0.25) is 0 Å². The molecule has 0 aliphatic carbocycles. The van der Waals surface area contributed by atoms with Crippen molar-refractivity contribution >= 4 is 11.7 Å². The molecule has 5 nitrogen and oxygen atoms in total. The lowest BCUT2D eigenvalue weighted by Crippen LogP contribution is -2.38. The minimum absolute atomic E-state index is 0.211. The number of hydrogen-bond donors (Lipinski definition) is 2. The second-order valence-electron chi connectivity index (χ2n) is 4.47. The first kappa shape index (κ1) is 15.5. The number of likely N-dealkylation sites (N-methyl/N-ethyl adjacent to an activating group) is 1. The summed E-state index contributed by atoms with van der Waals surface area (Å²) < 4.78 is 4.82. The van der Waals surface area contributed by atoms with Crippen LogP contribution < -0.4 is 5.32 Å². The number of ether oxygens (including phenoxy) is 1. The molecule has 0 aliphatic heterocycles. The molecular formula is C14H22N2O3. The van der Waals surface area contributed by atoms with Gasteiger partial charge in [0.2, 0.25) is 0 Å². The van der Waals surface area contributed by atoms with Gasteiger partial charge in [0.25, 0.3) is 0 Å². The molecule has 106 valence electrons. The van der Waals surface area contributed by atoms with E-state index < -0.39 is 6.10 Å². The molecule has 0 saturated heterocycles. The third kappa shape index (κ3) is 5.28. The van der Waals surface area contributed by atoms with E-state index in [0.29, 0.717) is 0 Å². The van der Waals surface area contributed by atoms with Gasteiger partial charge in [-0.3, -0.25) is 0 Å². The fourth-order valence-electron chi connectivity index (χ4n) is 1.73. The normalized spacial score (nSPS) is 12.0. The predicted molar refractivity (Wildman–Crippen MR) is 75.4 cm³/mol. The molecule has 1 aromatic carbocycles. The van der Waals surface area contributed by atoms with E-state index in [9.17, 15) is 9.90 Å². The maximum Gasteiger partial charge on any atom is 0.321 e. The summed E-state index contributed by atoms with van der Waals surface area (Å²) in [6.07, 6.45) is 0.245. The standard InChI is InChI=1S/C14H22N2O3/c1-4-11-6-5-7-12(8-11)15-14(18)16(2)9-13(17)10-19-3/h5-8,13,17H,4,9-10H2,1-3H3,(H,15,18). The number of aliphatic hydroxyl groups is 1. The highest BCUT2D eigenvalue weighted by Crippen LogP contribution is 2.11. The van der Waals surface area contributed by atoms with E-state index in [4.69, 9.17) is 4.74 Å². The first-order valence-electron chi connectivity index (χ1n) is 6.34. The highest BCUT2D eigenvalue weighted by Gasteiger charge is 2.13. The lowest BCUT2D eigenvalue weighted by Gasteiger charge is -2.21. The Hall–Kier alpha value is -1.59. The smallest absolute Gasteiger partial charge is 0.321 e. The fraction of sp³-hybridized carbons (Fsp3) is 0.500. The molecule has 5 heteroatoms. The Kier molecular flexibility index (Phi) is 6.32. The molecule has 0 bridgehead atoms. The summed E-state index contributed by atoms with van der Waals surface area (Å²) in [6.45, 7) is 2.50. The highest BCUT2D eigenvalue weighted by atomic mass is 16.5. The molecule has 2 N–H and O–H groups in total. The lowest BCUT2D eigenvalue weighted by molar-refractivity contribution is 0.0501. The van der Waals surface area contributed by atoms with Crippen LogP contribution in [-0.4, -0.2) is 49.5 Å². The van der Waals surface area contributed by atoms with E-state index in [-0.39, 0.29) is 19.2 Å². The monoisotopic (exact) mass is 266 g/mol. The number of carbonyl (C=O) groups excluding carboxylic acids is 1. The number of hydrogen-bond acceptors (Lipinski definition) is 3. The first-order valence-corrected chi connectivity index (χ1v) is 6.34. The molecule has 2 amide bonds. The van der Waals surface area contributed by atoms with Crippen molar-refractivity contribution < 1.29 is 14.6 Å². The van der Waals surface area contributed by atoms with Crippen LogP contribution in [0.25, 0.3) is 0 Å². The average molecular weight is 266 g/mol. The molecule has 0 heterocycles. The van der Waals surface area contributed by atoms with Crippen molar-refractivity contribution in [2.45, 2.75) is 19.4 Å². The molecule has 19 heavy (non-hydrogen) atoms. The van der Waals surface area contributed by atoms with Gasteiger partial charge in [-0.1, -0.05) is 19.1 Å². The van der Waals surface area contributed by atoms with Crippen molar-refractivity contribution in [1.29, 1.82) is 0 Å². The summed E-state index contributed by atoms with van der Waals surface area (Å²) in [4.78, 5) is 13.3. The number of rotatable bonds is 6. The molecule has 1 aromatic rings. The van der Waals surface area contributed by atoms with Gasteiger partial charge in [-0.2, -0.15) is 0 Å². The summed E-state index contributed by atoms with van der Waals surface area (Å²) in [5.41, 5.74) is 1.93. The molecule has 0 saturated carbocycles. The van der Waals surface area contributed by atoms with Gasteiger partial charge in [-0.15, -0.1) is 0 Å². The van der Waals surface area contributed by atoms with Crippen molar-refractivity contribution in [2.24, 2.45) is 0 Å². The Morgan fingerprint density at radius 3 is 2.89 bits per heavy atom. The number of nitrogens with zero attached hydrogens (tertiary/aromatic N) is 1. The van der Waals surface area contributed by atoms with Gasteiger partial charge in [0.05, 0.1) is 19.3 Å². The third-order valence-corrected chi connectivity index (χ3v) is 2.78. The van der Waals surface area contributed by atoms with Gasteiger partial charge in [0.15, 0.2) is 0 Å². The molecule has 0 fully saturated rings. The fourth-order valence-corrected chi connectivity index (χ4v) is 1.73. The zero-order valence-electron chi connectivity index (χ0n) is 11.7. The molecule has 1 rings (SSSR count). The number of aliphatic hydroxyl groups excluding tert-OH is 1. The summed E-state index contributed by atoms with van der Waals surface area (Å²) >= 11 is 0. The number of aryl methyl sites for hydroxylation is 1. The Bertz CT molecular complexity index is 409. The van der Waals surface area contributed by atoms with Crippen molar-refractivity contribution in [3.8, 4) is 0 Å². The predicted octanol–water partition coefficient (Wildman–Crippen LogP) is 1.72. The van der Waals surface area contributed by atoms with Crippen molar-refractivity contribution in [2.75, 3.05) is 32.6 Å². The van der Waals surface area contributed by atoms with Gasteiger partial charge >= 0.3 is 6.03 Å². The summed E-state index contributed by atoms with van der Waals surface area (Å²) in [5, 5.41) is 12.4. The largest absolute Gasteiger partial charge is 0.389 e. The van der Waals surface area contributed by atoms with Crippen molar-refractivity contribution in [1.82, 2.24) is 4.90 Å². The maximum atomic E-state index is 11.9. The first-order chi connectivity index (χ1) is 9.06. The Morgan fingerprint density at radius 2 is 2.26 bits per heavy atom. The van der Waals surface area contributed by atoms with E-state index in [1.807, 2.05) is 24.3 Å². The van der Waals surface area contributed by atoms with Crippen LogP contribution in [0, 0.1) is 0 Å². The van der Waals surface area contributed by atoms with Gasteiger partial charge in [-0.05, 0) is 24.1 Å². The van der Waals surface area contributed by atoms with Crippen LogP contribution in [0.3, 0.4) is 0 Å². The van der Waals surface area contributed by atoms with E-state index in [2.05, 4.69) is 12.2 Å². The number of carbonyl (C=O) groups is 1. The van der Waals surface area contributed by atoms with E-state index in [1.54, 1.807) is 7.05 Å². The second-order valence-corrected chi connectivity index (χ2v) is 4.47. The molecule has 1 atom stereocenters. The molecule has 0 aromatic heterocycles. The Labute approximate surface area is 114 Å². The summed E-state index contributed by atoms with van der Waals surface area (Å²) in [5.74, 6) is 0. The van der Waals surface area contributed by atoms with Gasteiger partial charge < -0.3 is 20.1 Å². The van der Waals surface area contributed by atoms with Crippen LogP contribution in [-0.2, 0) is 11.2 Å². The second kappa shape index (κ2) is 7.76. The quantitative estimate of drug-likeness (QED) is 0.824. The van der Waals surface area contributed by atoms with E-state index in [0.717, 1.165) is 12.1 Å². The number of amides is 2. The van der Waals surface area contributed by atoms with E-state index >= 15 is 0 Å². The molecule has 0 radical (unpaired) electrons. The highest BCUT2D eigenvalue weighted by molar-refractivity contribution is 5.89. The van der Waals surface area contributed by atoms with Gasteiger partial charge in [0.1, 0.15) is 0 Å². The van der Waals surface area contributed by atoms with E-state index in [1.165, 1.54) is 17.6 Å². The van der Waals surface area contributed by atoms with Gasteiger partial charge in [-0.25, -0.2) is 4.79 Å². The number of methoxy groups -OCH3 is 1. The number of urea groups is 1. The van der Waals surface area contributed by atoms with Crippen molar-refractivity contribution in [3.05, 3.63) is 29.8 Å². The van der Waals surface area contributed by atoms with Crippen LogP contribution in [0.15, 0.2) is 24.3 Å². The Balaban J connectivity index is 2.53. The number of benzene rings is 1. The zero-order chi connectivity index (χ0) is 14.3. The van der Waals surface area contributed by atoms with Gasteiger partial charge in [0, 0.05) is 19.8 Å². The summed E-state index contributed by atoms with van der Waals surface area (Å²) in [6, 6.07) is 7.47. The van der Waals surface area contributed by atoms with Crippen LogP contribution in [0.1, 0.15) is 12.5 Å². The maximum absolute atomic E-state index is 11.9. The molecular weight excluding hydrogens is 244 g/mol. The zero-order valence-corrected chi connectivity index (χ0v) is 11.7. The minimum Gasteiger partial charge on any atom is -0.389 e. The van der Waals surface area contributed by atoms with Crippen molar-refractivity contribution in [3.63, 3.8) is 0 Å². The molecule has 0 spiro atoms. The lowest BCUT2D eigenvalue weighted by atomic mass is 10.1. The average Bonchev–Trinajstić information content (AvgIpc) is 2.39. The molecule has 1 unspecified atom stereocenters.